The fourth-order valence-electron chi connectivity index (χ4n) is 2.00. The van der Waals surface area contributed by atoms with E-state index >= 15 is 0 Å². The zero-order valence-electron chi connectivity index (χ0n) is 9.61. The normalized spacial score (nSPS) is 11.8. The lowest BCUT2D eigenvalue weighted by molar-refractivity contribution is -0.132. The molecule has 0 aliphatic rings. The van der Waals surface area contributed by atoms with E-state index in [4.69, 9.17) is 0 Å². The number of hydrogen-bond acceptors (Lipinski definition) is 1. The minimum absolute atomic E-state index is 0.136. The predicted octanol–water partition coefficient (Wildman–Crippen LogP) is 2.58. The summed E-state index contributed by atoms with van der Waals surface area (Å²) < 4.78 is 0. The zero-order valence-corrected chi connectivity index (χ0v) is 9.61. The van der Waals surface area contributed by atoms with Gasteiger partial charge >= 0.3 is 0 Å². The van der Waals surface area contributed by atoms with Crippen LogP contribution in [0.2, 0.25) is 0 Å². The van der Waals surface area contributed by atoms with Crippen LogP contribution in [0.5, 0.6) is 0 Å². The van der Waals surface area contributed by atoms with Gasteiger partial charge in [0.2, 0.25) is 5.91 Å². The van der Waals surface area contributed by atoms with Crippen molar-refractivity contribution in [2.24, 2.45) is 11.3 Å². The molecule has 0 spiro atoms. The molecule has 0 rings (SSSR count). The van der Waals surface area contributed by atoms with Crippen LogP contribution < -0.4 is 5.32 Å². The average molecular weight is 185 g/mol. The zero-order chi connectivity index (χ0) is 10.5. The van der Waals surface area contributed by atoms with Crippen molar-refractivity contribution in [1.82, 2.24) is 5.32 Å². The molecule has 0 atom stereocenters. The Hall–Kier alpha value is -0.530. The van der Waals surface area contributed by atoms with E-state index in [-0.39, 0.29) is 11.3 Å². The molecule has 0 fully saturated rings. The fourth-order valence-corrected chi connectivity index (χ4v) is 2.00. The number of amides is 1. The van der Waals surface area contributed by atoms with Crippen LogP contribution in [0, 0.1) is 11.3 Å². The molecule has 0 aromatic rings. The van der Waals surface area contributed by atoms with E-state index in [0.717, 1.165) is 19.3 Å². The molecular weight excluding hydrogens is 162 g/mol. The van der Waals surface area contributed by atoms with E-state index in [2.05, 4.69) is 33.0 Å². The Kier molecular flexibility index (Phi) is 5.04. The number of carbonyl (C=O) groups is 1. The van der Waals surface area contributed by atoms with Crippen LogP contribution in [0.3, 0.4) is 0 Å². The monoisotopic (exact) mass is 185 g/mol. The maximum absolute atomic E-state index is 11.7. The van der Waals surface area contributed by atoms with Crippen molar-refractivity contribution in [1.29, 1.82) is 0 Å². The van der Waals surface area contributed by atoms with Gasteiger partial charge in [-0.05, 0) is 25.2 Å². The molecule has 2 heteroatoms. The molecule has 0 aliphatic carbocycles. The summed E-state index contributed by atoms with van der Waals surface area (Å²) in [5.41, 5.74) is -0.136. The highest BCUT2D eigenvalue weighted by Crippen LogP contribution is 2.33. The third-order valence-corrected chi connectivity index (χ3v) is 2.86. The topological polar surface area (TPSA) is 29.1 Å². The van der Waals surface area contributed by atoms with Crippen LogP contribution in [0.25, 0.3) is 0 Å². The number of nitrogens with one attached hydrogen (secondary N) is 1. The molecule has 78 valence electrons. The highest BCUT2D eigenvalue weighted by atomic mass is 16.2. The number of carbonyl (C=O) groups excluding carboxylic acids is 1. The van der Waals surface area contributed by atoms with Crippen molar-refractivity contribution >= 4 is 5.91 Å². The van der Waals surface area contributed by atoms with Crippen LogP contribution >= 0.6 is 0 Å². The van der Waals surface area contributed by atoms with Gasteiger partial charge in [-0.25, -0.2) is 0 Å². The standard InChI is InChI=1S/C11H23NO/c1-6-11(7-2,8-9(3)4)10(13)12-5/h9H,6-8H2,1-5H3,(H,12,13). The Bertz CT molecular complexity index is 159. The lowest BCUT2D eigenvalue weighted by Crippen LogP contribution is -2.39. The molecule has 0 saturated heterocycles. The first-order chi connectivity index (χ1) is 6.02. The largest absolute Gasteiger partial charge is 0.359 e. The van der Waals surface area contributed by atoms with Gasteiger partial charge < -0.3 is 5.32 Å². The van der Waals surface area contributed by atoms with Crippen LogP contribution in [-0.2, 0) is 4.79 Å². The second-order valence-electron chi connectivity index (χ2n) is 4.16. The summed E-state index contributed by atoms with van der Waals surface area (Å²) >= 11 is 0. The molecule has 0 heterocycles. The van der Waals surface area contributed by atoms with Crippen molar-refractivity contribution in [3.05, 3.63) is 0 Å². The Morgan fingerprint density at radius 1 is 1.31 bits per heavy atom. The second-order valence-corrected chi connectivity index (χ2v) is 4.16. The molecule has 0 bridgehead atoms. The maximum Gasteiger partial charge on any atom is 0.225 e. The molecule has 0 radical (unpaired) electrons. The second kappa shape index (κ2) is 5.25. The third-order valence-electron chi connectivity index (χ3n) is 2.86. The van der Waals surface area contributed by atoms with Crippen molar-refractivity contribution < 1.29 is 4.79 Å². The quantitative estimate of drug-likeness (QED) is 0.701. The predicted molar refractivity (Wildman–Crippen MR) is 56.5 cm³/mol. The summed E-state index contributed by atoms with van der Waals surface area (Å²) in [7, 11) is 1.72. The summed E-state index contributed by atoms with van der Waals surface area (Å²) in [6.45, 7) is 8.54. The molecule has 1 amide bonds. The van der Waals surface area contributed by atoms with E-state index in [1.165, 1.54) is 0 Å². The summed E-state index contributed by atoms with van der Waals surface area (Å²) in [6.07, 6.45) is 2.85. The first-order valence-corrected chi connectivity index (χ1v) is 5.24. The molecule has 2 nitrogen and oxygen atoms in total. The van der Waals surface area contributed by atoms with Crippen LogP contribution in [0.4, 0.5) is 0 Å². The highest BCUT2D eigenvalue weighted by Gasteiger charge is 2.34. The Morgan fingerprint density at radius 3 is 2.00 bits per heavy atom. The van der Waals surface area contributed by atoms with Crippen LogP contribution in [-0.4, -0.2) is 13.0 Å². The van der Waals surface area contributed by atoms with Gasteiger partial charge in [0.25, 0.3) is 0 Å². The van der Waals surface area contributed by atoms with Gasteiger partial charge in [0.05, 0.1) is 0 Å². The Balaban J connectivity index is 4.58. The van der Waals surface area contributed by atoms with Crippen molar-refractivity contribution in [3.8, 4) is 0 Å². The molecule has 13 heavy (non-hydrogen) atoms. The van der Waals surface area contributed by atoms with Gasteiger partial charge in [-0.3, -0.25) is 4.79 Å². The SMILES string of the molecule is CCC(CC)(CC(C)C)C(=O)NC. The van der Waals surface area contributed by atoms with Crippen molar-refractivity contribution in [3.63, 3.8) is 0 Å². The van der Waals surface area contributed by atoms with E-state index in [9.17, 15) is 4.79 Å². The fraction of sp³-hybridized carbons (Fsp3) is 0.909. The van der Waals surface area contributed by atoms with E-state index in [0.29, 0.717) is 5.92 Å². The molecular formula is C11H23NO. The summed E-state index contributed by atoms with van der Waals surface area (Å²) in [5.74, 6) is 0.781. The lowest BCUT2D eigenvalue weighted by atomic mass is 9.75. The first kappa shape index (κ1) is 12.5. The minimum Gasteiger partial charge on any atom is -0.359 e. The van der Waals surface area contributed by atoms with Gasteiger partial charge in [0.15, 0.2) is 0 Å². The van der Waals surface area contributed by atoms with E-state index < -0.39 is 0 Å². The Labute approximate surface area is 82.1 Å². The maximum atomic E-state index is 11.7. The molecule has 0 aromatic carbocycles. The minimum atomic E-state index is -0.136. The molecule has 0 aromatic heterocycles. The molecule has 0 aliphatic heterocycles. The average Bonchev–Trinajstić information content (AvgIpc) is 2.12. The van der Waals surface area contributed by atoms with Crippen molar-refractivity contribution in [2.45, 2.75) is 47.0 Å². The van der Waals surface area contributed by atoms with Gasteiger partial charge in [-0.1, -0.05) is 27.7 Å². The summed E-state index contributed by atoms with van der Waals surface area (Å²) in [6, 6.07) is 0. The number of hydrogen-bond donors (Lipinski definition) is 1. The number of rotatable bonds is 5. The van der Waals surface area contributed by atoms with Gasteiger partial charge in [-0.15, -0.1) is 0 Å². The van der Waals surface area contributed by atoms with Gasteiger partial charge in [-0.2, -0.15) is 0 Å². The smallest absolute Gasteiger partial charge is 0.225 e. The van der Waals surface area contributed by atoms with Gasteiger partial charge in [0.1, 0.15) is 0 Å². The third kappa shape index (κ3) is 3.02. The van der Waals surface area contributed by atoms with Crippen molar-refractivity contribution in [2.75, 3.05) is 7.05 Å². The highest BCUT2D eigenvalue weighted by molar-refractivity contribution is 5.82. The van der Waals surface area contributed by atoms with Crippen LogP contribution in [0.15, 0.2) is 0 Å². The van der Waals surface area contributed by atoms with E-state index in [1.807, 2.05) is 0 Å². The van der Waals surface area contributed by atoms with E-state index in [1.54, 1.807) is 7.05 Å². The molecule has 1 N–H and O–H groups in total. The van der Waals surface area contributed by atoms with Gasteiger partial charge in [0, 0.05) is 12.5 Å². The molecule has 0 saturated carbocycles. The lowest BCUT2D eigenvalue weighted by Gasteiger charge is -2.31. The summed E-state index contributed by atoms with van der Waals surface area (Å²) in [5, 5.41) is 2.77. The first-order valence-electron chi connectivity index (χ1n) is 5.24. The summed E-state index contributed by atoms with van der Waals surface area (Å²) in [4.78, 5) is 11.7. The van der Waals surface area contributed by atoms with Crippen LogP contribution in [0.1, 0.15) is 47.0 Å². The molecule has 0 unspecified atom stereocenters. The Morgan fingerprint density at radius 2 is 1.77 bits per heavy atom.